The van der Waals surface area contributed by atoms with Gasteiger partial charge in [0.1, 0.15) is 17.4 Å². The van der Waals surface area contributed by atoms with Crippen molar-refractivity contribution >= 4 is 39.3 Å². The first-order valence-corrected chi connectivity index (χ1v) is 13.0. The minimum absolute atomic E-state index is 0.197. The first-order chi connectivity index (χ1) is 16.4. The fraction of sp³-hybridized carbons (Fsp3) is 0.640. The van der Waals surface area contributed by atoms with Gasteiger partial charge in [-0.05, 0) is 65.3 Å². The number of carbonyl (C=O) groups is 3. The molecule has 0 radical (unpaired) electrons. The Hall–Kier alpha value is -2.17. The summed E-state index contributed by atoms with van der Waals surface area (Å²) in [5.74, 6) is -1.93. The molecule has 3 amide bonds. The summed E-state index contributed by atoms with van der Waals surface area (Å²) < 4.78 is 11.9. The number of alkyl halides is 1. The maximum absolute atomic E-state index is 13.8. The molecule has 3 heterocycles. The number of rotatable bonds is 7. The zero-order chi connectivity index (χ0) is 25.7. The fourth-order valence-electron chi connectivity index (χ4n) is 5.69. The molecule has 4 rings (SSSR count). The number of likely N-dealkylation sites (tertiary alicyclic amines) is 1. The van der Waals surface area contributed by atoms with Crippen molar-refractivity contribution in [3.8, 4) is 5.75 Å². The lowest BCUT2D eigenvalue weighted by Gasteiger charge is -2.37. The van der Waals surface area contributed by atoms with Crippen LogP contribution < -0.4 is 15.4 Å². The molecular weight excluding hydrogens is 518 g/mol. The van der Waals surface area contributed by atoms with E-state index in [1.165, 1.54) is 4.90 Å². The summed E-state index contributed by atoms with van der Waals surface area (Å²) in [6, 6.07) is 5.47. The Balaban J connectivity index is 1.67. The minimum atomic E-state index is -1.16. The normalized spacial score (nSPS) is 32.4. The number of fused-ring (bicyclic) bond motifs is 1. The van der Waals surface area contributed by atoms with Crippen molar-refractivity contribution in [2.45, 2.75) is 75.2 Å². The van der Waals surface area contributed by atoms with E-state index in [1.807, 2.05) is 27.7 Å². The number of aliphatic hydroxyl groups is 1. The first-order valence-electron chi connectivity index (χ1n) is 12.0. The fourth-order valence-corrected chi connectivity index (χ4v) is 6.64. The number of carbonyl (C=O) groups excluding carboxylic acids is 3. The van der Waals surface area contributed by atoms with Gasteiger partial charge in [-0.15, -0.1) is 0 Å². The summed E-state index contributed by atoms with van der Waals surface area (Å²) in [6.45, 7) is 9.42. The third-order valence-corrected chi connectivity index (χ3v) is 7.79. The Bertz CT molecular complexity index is 996. The van der Waals surface area contributed by atoms with Gasteiger partial charge >= 0.3 is 0 Å². The third kappa shape index (κ3) is 4.44. The zero-order valence-electron chi connectivity index (χ0n) is 20.7. The van der Waals surface area contributed by atoms with Crippen molar-refractivity contribution in [3.05, 3.63) is 24.3 Å². The van der Waals surface area contributed by atoms with E-state index in [9.17, 15) is 19.5 Å². The molecule has 9 nitrogen and oxygen atoms in total. The molecule has 3 fully saturated rings. The summed E-state index contributed by atoms with van der Waals surface area (Å²) in [6.07, 6.45) is -0.138. The van der Waals surface area contributed by atoms with Crippen LogP contribution >= 0.6 is 15.9 Å². The molecule has 10 heteroatoms. The van der Waals surface area contributed by atoms with Gasteiger partial charge in [0.25, 0.3) is 0 Å². The lowest BCUT2D eigenvalue weighted by Crippen LogP contribution is -2.60. The van der Waals surface area contributed by atoms with Gasteiger partial charge in [-0.25, -0.2) is 0 Å². The lowest BCUT2D eigenvalue weighted by molar-refractivity contribution is -0.145. The van der Waals surface area contributed by atoms with E-state index in [2.05, 4.69) is 26.6 Å². The number of aliphatic hydroxyl groups excluding tert-OH is 1. The van der Waals surface area contributed by atoms with Crippen molar-refractivity contribution in [1.29, 1.82) is 0 Å². The van der Waals surface area contributed by atoms with Crippen molar-refractivity contribution in [1.82, 2.24) is 10.2 Å². The van der Waals surface area contributed by atoms with E-state index in [0.717, 1.165) is 0 Å². The van der Waals surface area contributed by atoms with Crippen LogP contribution in [-0.2, 0) is 19.1 Å². The number of hydrogen-bond acceptors (Lipinski definition) is 6. The molecule has 3 saturated heterocycles. The molecule has 192 valence electrons. The van der Waals surface area contributed by atoms with Gasteiger partial charge in [0, 0.05) is 16.1 Å². The average Bonchev–Trinajstić information content (AvgIpc) is 3.37. The second-order valence-electron chi connectivity index (χ2n) is 10.6. The highest BCUT2D eigenvalue weighted by molar-refractivity contribution is 9.09. The highest BCUT2D eigenvalue weighted by Crippen LogP contribution is 2.60. The van der Waals surface area contributed by atoms with Crippen molar-refractivity contribution in [3.63, 3.8) is 0 Å². The van der Waals surface area contributed by atoms with Crippen LogP contribution in [0.5, 0.6) is 5.75 Å². The monoisotopic (exact) mass is 551 g/mol. The molecule has 0 aliphatic carbocycles. The van der Waals surface area contributed by atoms with Crippen LogP contribution in [0.25, 0.3) is 0 Å². The van der Waals surface area contributed by atoms with Crippen LogP contribution in [0.3, 0.4) is 0 Å². The van der Waals surface area contributed by atoms with Crippen molar-refractivity contribution in [2.24, 2.45) is 11.8 Å². The molecular formula is C25H34BrN3O6. The van der Waals surface area contributed by atoms with Gasteiger partial charge in [-0.3, -0.25) is 14.4 Å². The second-order valence-corrected chi connectivity index (χ2v) is 11.8. The topological polar surface area (TPSA) is 117 Å². The molecule has 3 aliphatic heterocycles. The number of benzene rings is 1. The standard InChI is InChI=1S/C25H34BrN3O6/c1-6-34-15-9-7-14(8-10-15)27-21(31)17-18-23(33)29(13(2)12-30)20(22(32)28-24(3,4)5)25(18)11-16(26)19(17)35-25/h7-10,13,16-20,30H,6,11-12H2,1-5H3,(H,27,31)(H,28,32)/t13-,16?,17+,18+,19+,20?,25?/m1/s1. The van der Waals surface area contributed by atoms with Crippen LogP contribution in [-0.4, -0.2) is 75.1 Å². The summed E-state index contributed by atoms with van der Waals surface area (Å²) in [5.41, 5.74) is -1.11. The summed E-state index contributed by atoms with van der Waals surface area (Å²) in [4.78, 5) is 42.1. The predicted octanol–water partition coefficient (Wildman–Crippen LogP) is 2.07. The Morgan fingerprint density at radius 3 is 2.51 bits per heavy atom. The van der Waals surface area contributed by atoms with Crippen molar-refractivity contribution in [2.75, 3.05) is 18.5 Å². The smallest absolute Gasteiger partial charge is 0.246 e. The second kappa shape index (κ2) is 9.37. The lowest BCUT2D eigenvalue weighted by atomic mass is 9.70. The molecule has 2 bridgehead atoms. The van der Waals surface area contributed by atoms with E-state index >= 15 is 0 Å². The molecule has 0 aromatic heterocycles. The largest absolute Gasteiger partial charge is 0.494 e. The van der Waals surface area contributed by atoms with Crippen LogP contribution in [0.2, 0.25) is 0 Å². The van der Waals surface area contributed by atoms with E-state index in [4.69, 9.17) is 9.47 Å². The molecule has 7 atom stereocenters. The Morgan fingerprint density at radius 1 is 1.29 bits per heavy atom. The molecule has 1 aromatic rings. The molecule has 1 aromatic carbocycles. The molecule has 0 saturated carbocycles. The molecule has 3 aliphatic rings. The number of halogens is 1. The highest BCUT2D eigenvalue weighted by Gasteiger charge is 2.76. The first kappa shape index (κ1) is 25.9. The quantitative estimate of drug-likeness (QED) is 0.446. The molecule has 1 spiro atoms. The minimum Gasteiger partial charge on any atom is -0.494 e. The van der Waals surface area contributed by atoms with Gasteiger partial charge in [-0.1, -0.05) is 15.9 Å². The van der Waals surface area contributed by atoms with Crippen LogP contribution in [0.15, 0.2) is 24.3 Å². The number of hydrogen-bond donors (Lipinski definition) is 3. The SMILES string of the molecule is CCOc1ccc(NC(=O)[C@H]2[C@H]3C(=O)N([C@H](C)CO)C(C(=O)NC(C)(C)C)C34CC(Br)[C@@H]2O4)cc1. The van der Waals surface area contributed by atoms with Crippen LogP contribution in [0, 0.1) is 11.8 Å². The Labute approximate surface area is 214 Å². The number of nitrogens with zero attached hydrogens (tertiary/aromatic N) is 1. The van der Waals surface area contributed by atoms with E-state index in [1.54, 1.807) is 31.2 Å². The van der Waals surface area contributed by atoms with Gasteiger partial charge < -0.3 is 30.1 Å². The Morgan fingerprint density at radius 2 is 1.94 bits per heavy atom. The molecule has 3 unspecified atom stereocenters. The number of ether oxygens (including phenoxy) is 2. The van der Waals surface area contributed by atoms with Crippen LogP contribution in [0.4, 0.5) is 5.69 Å². The van der Waals surface area contributed by atoms with E-state index in [-0.39, 0.29) is 29.2 Å². The van der Waals surface area contributed by atoms with Crippen LogP contribution in [0.1, 0.15) is 41.0 Å². The number of nitrogens with one attached hydrogen (secondary N) is 2. The zero-order valence-corrected chi connectivity index (χ0v) is 22.3. The van der Waals surface area contributed by atoms with E-state index < -0.39 is 41.2 Å². The maximum atomic E-state index is 13.8. The summed E-state index contributed by atoms with van der Waals surface area (Å²) in [5, 5.41) is 15.8. The molecule has 3 N–H and O–H groups in total. The summed E-state index contributed by atoms with van der Waals surface area (Å²) >= 11 is 3.65. The van der Waals surface area contributed by atoms with Gasteiger partial charge in [-0.2, -0.15) is 0 Å². The maximum Gasteiger partial charge on any atom is 0.246 e. The summed E-state index contributed by atoms with van der Waals surface area (Å²) in [7, 11) is 0. The number of amides is 3. The third-order valence-electron chi connectivity index (χ3n) is 6.95. The van der Waals surface area contributed by atoms with Crippen molar-refractivity contribution < 1.29 is 29.0 Å². The average molecular weight is 552 g/mol. The van der Waals surface area contributed by atoms with E-state index in [0.29, 0.717) is 24.5 Å². The number of anilines is 1. The van der Waals surface area contributed by atoms with Gasteiger partial charge in [0.15, 0.2) is 0 Å². The highest BCUT2D eigenvalue weighted by atomic mass is 79.9. The Kier molecular flexibility index (Phi) is 6.93. The molecule has 35 heavy (non-hydrogen) atoms. The van der Waals surface area contributed by atoms with Gasteiger partial charge in [0.2, 0.25) is 17.7 Å². The van der Waals surface area contributed by atoms with Gasteiger partial charge in [0.05, 0.1) is 37.2 Å². The predicted molar refractivity (Wildman–Crippen MR) is 133 cm³/mol.